The van der Waals surface area contributed by atoms with E-state index < -0.39 is 0 Å². The van der Waals surface area contributed by atoms with E-state index in [1.54, 1.807) is 6.07 Å². The van der Waals surface area contributed by atoms with Crippen molar-refractivity contribution in [3.63, 3.8) is 0 Å². The number of benzene rings is 1. The molecule has 1 aromatic carbocycles. The van der Waals surface area contributed by atoms with Crippen LogP contribution in [0, 0.1) is 0 Å². The minimum Gasteiger partial charge on any atom is -0.389 e. The van der Waals surface area contributed by atoms with Crippen molar-refractivity contribution in [2.45, 2.75) is 6.54 Å². The monoisotopic (exact) mass is 305 g/mol. The molecule has 0 aliphatic carbocycles. The van der Waals surface area contributed by atoms with E-state index >= 15 is 0 Å². The standard InChI is InChI=1S/C14H12ClN3OS/c15-12-8-17-6-5-11(12)14(19)18-7-9-1-3-10(4-2-9)13(16)20/h1-6,8H,7H2,(H2,16,20)(H,18,19). The molecule has 0 radical (unpaired) electrons. The zero-order valence-electron chi connectivity index (χ0n) is 10.5. The Bertz CT molecular complexity index is 643. The number of nitrogens with one attached hydrogen (secondary N) is 1. The Morgan fingerprint density at radius 2 is 2.00 bits per heavy atom. The van der Waals surface area contributed by atoms with E-state index in [-0.39, 0.29) is 5.91 Å². The summed E-state index contributed by atoms with van der Waals surface area (Å²) < 4.78 is 0. The van der Waals surface area contributed by atoms with Gasteiger partial charge in [-0.3, -0.25) is 9.78 Å². The molecule has 1 aromatic heterocycles. The van der Waals surface area contributed by atoms with E-state index in [9.17, 15) is 4.79 Å². The Hall–Kier alpha value is -1.98. The van der Waals surface area contributed by atoms with Gasteiger partial charge < -0.3 is 11.1 Å². The third-order valence-corrected chi connectivity index (χ3v) is 3.25. The van der Waals surface area contributed by atoms with E-state index in [4.69, 9.17) is 29.6 Å². The molecule has 102 valence electrons. The summed E-state index contributed by atoms with van der Waals surface area (Å²) in [7, 11) is 0. The smallest absolute Gasteiger partial charge is 0.253 e. The molecule has 0 atom stereocenters. The van der Waals surface area contributed by atoms with Gasteiger partial charge in [0.15, 0.2) is 0 Å². The summed E-state index contributed by atoms with van der Waals surface area (Å²) >= 11 is 10.8. The largest absolute Gasteiger partial charge is 0.389 e. The highest BCUT2D eigenvalue weighted by Gasteiger charge is 2.09. The minimum absolute atomic E-state index is 0.240. The van der Waals surface area contributed by atoms with Crippen LogP contribution in [0.25, 0.3) is 0 Å². The number of hydrogen-bond acceptors (Lipinski definition) is 3. The molecule has 4 nitrogen and oxygen atoms in total. The highest BCUT2D eigenvalue weighted by molar-refractivity contribution is 7.80. The predicted molar refractivity (Wildman–Crippen MR) is 82.7 cm³/mol. The van der Waals surface area contributed by atoms with Crippen LogP contribution in [0.2, 0.25) is 5.02 Å². The SMILES string of the molecule is NC(=S)c1ccc(CNC(=O)c2ccncc2Cl)cc1. The van der Waals surface area contributed by atoms with Crippen LogP contribution in [-0.4, -0.2) is 15.9 Å². The third-order valence-electron chi connectivity index (χ3n) is 2.71. The second-order valence-electron chi connectivity index (χ2n) is 4.10. The van der Waals surface area contributed by atoms with Crippen LogP contribution in [0.4, 0.5) is 0 Å². The van der Waals surface area contributed by atoms with Gasteiger partial charge >= 0.3 is 0 Å². The normalized spacial score (nSPS) is 10.1. The second kappa shape index (κ2) is 6.45. The Morgan fingerprint density at radius 1 is 1.30 bits per heavy atom. The van der Waals surface area contributed by atoms with Gasteiger partial charge in [-0.2, -0.15) is 0 Å². The van der Waals surface area contributed by atoms with Crippen molar-refractivity contribution >= 4 is 34.7 Å². The summed E-state index contributed by atoms with van der Waals surface area (Å²) in [6.45, 7) is 0.398. The topological polar surface area (TPSA) is 68.0 Å². The number of aromatic nitrogens is 1. The number of hydrogen-bond donors (Lipinski definition) is 2. The molecule has 0 unspecified atom stereocenters. The molecule has 0 bridgehead atoms. The third kappa shape index (κ3) is 3.53. The van der Waals surface area contributed by atoms with Crippen molar-refractivity contribution < 1.29 is 4.79 Å². The zero-order valence-corrected chi connectivity index (χ0v) is 12.0. The summed E-state index contributed by atoms with van der Waals surface area (Å²) in [4.78, 5) is 16.1. The number of amides is 1. The van der Waals surface area contributed by atoms with Gasteiger partial charge in [-0.25, -0.2) is 0 Å². The van der Waals surface area contributed by atoms with Crippen LogP contribution in [0.1, 0.15) is 21.5 Å². The average molecular weight is 306 g/mol. The fraction of sp³-hybridized carbons (Fsp3) is 0.0714. The van der Waals surface area contributed by atoms with E-state index in [0.29, 0.717) is 22.1 Å². The first-order valence-corrected chi connectivity index (χ1v) is 6.63. The average Bonchev–Trinajstić information content (AvgIpc) is 2.45. The van der Waals surface area contributed by atoms with Crippen LogP contribution in [0.3, 0.4) is 0 Å². The first-order chi connectivity index (χ1) is 9.58. The number of nitrogens with two attached hydrogens (primary N) is 1. The number of thiocarbonyl (C=S) groups is 1. The molecule has 0 spiro atoms. The fourth-order valence-electron chi connectivity index (χ4n) is 1.62. The van der Waals surface area contributed by atoms with Gasteiger partial charge in [-0.05, 0) is 11.6 Å². The molecule has 2 aromatic rings. The van der Waals surface area contributed by atoms with Crippen LogP contribution >= 0.6 is 23.8 Å². The van der Waals surface area contributed by atoms with Gasteiger partial charge in [-0.15, -0.1) is 0 Å². The molecule has 20 heavy (non-hydrogen) atoms. The molecule has 1 amide bonds. The molecule has 6 heteroatoms. The Balaban J connectivity index is 2.00. The lowest BCUT2D eigenvalue weighted by Crippen LogP contribution is -2.23. The van der Waals surface area contributed by atoms with Gasteiger partial charge in [0, 0.05) is 24.5 Å². The molecular formula is C14H12ClN3OS. The van der Waals surface area contributed by atoms with Gasteiger partial charge in [-0.1, -0.05) is 48.1 Å². The molecule has 0 fully saturated rings. The molecule has 0 aliphatic rings. The number of halogens is 1. The highest BCUT2D eigenvalue weighted by atomic mass is 35.5. The Kier molecular flexibility index (Phi) is 4.65. The molecule has 2 rings (SSSR count). The van der Waals surface area contributed by atoms with Crippen LogP contribution < -0.4 is 11.1 Å². The maximum Gasteiger partial charge on any atom is 0.253 e. The minimum atomic E-state index is -0.240. The lowest BCUT2D eigenvalue weighted by Gasteiger charge is -2.07. The molecular weight excluding hydrogens is 294 g/mol. The fourth-order valence-corrected chi connectivity index (χ4v) is 1.97. The quantitative estimate of drug-likeness (QED) is 0.851. The van der Waals surface area contributed by atoms with Crippen LogP contribution in [0.15, 0.2) is 42.7 Å². The lowest BCUT2D eigenvalue weighted by atomic mass is 10.1. The molecule has 0 aliphatic heterocycles. The van der Waals surface area contributed by atoms with Crippen LogP contribution in [-0.2, 0) is 6.54 Å². The number of pyridine rings is 1. The predicted octanol–water partition coefficient (Wildman–Crippen LogP) is 2.30. The van der Waals surface area contributed by atoms with Crippen molar-refractivity contribution in [2.24, 2.45) is 5.73 Å². The van der Waals surface area contributed by atoms with Gasteiger partial charge in [0.25, 0.3) is 5.91 Å². The van der Waals surface area contributed by atoms with E-state index in [2.05, 4.69) is 10.3 Å². The van der Waals surface area contributed by atoms with Gasteiger partial charge in [0.2, 0.25) is 0 Å². The maximum atomic E-state index is 11.9. The molecule has 1 heterocycles. The summed E-state index contributed by atoms with van der Waals surface area (Å²) in [5, 5.41) is 3.12. The zero-order chi connectivity index (χ0) is 14.5. The van der Waals surface area contributed by atoms with Gasteiger partial charge in [0.05, 0.1) is 10.6 Å². The van der Waals surface area contributed by atoms with Crippen molar-refractivity contribution in [1.29, 1.82) is 0 Å². The first-order valence-electron chi connectivity index (χ1n) is 5.84. The van der Waals surface area contributed by atoms with Crippen molar-refractivity contribution in [3.05, 3.63) is 64.4 Å². The maximum absolute atomic E-state index is 11.9. The summed E-state index contributed by atoms with van der Waals surface area (Å²) in [6, 6.07) is 8.95. The Morgan fingerprint density at radius 3 is 2.60 bits per heavy atom. The summed E-state index contributed by atoms with van der Waals surface area (Å²) in [5.74, 6) is -0.240. The number of rotatable bonds is 4. The second-order valence-corrected chi connectivity index (χ2v) is 4.95. The summed E-state index contributed by atoms with van der Waals surface area (Å²) in [6.07, 6.45) is 2.96. The van der Waals surface area contributed by atoms with Gasteiger partial charge in [0.1, 0.15) is 4.99 Å². The van der Waals surface area contributed by atoms with Crippen molar-refractivity contribution in [3.8, 4) is 0 Å². The number of carbonyl (C=O) groups excluding carboxylic acids is 1. The lowest BCUT2D eigenvalue weighted by molar-refractivity contribution is 0.0951. The van der Waals surface area contributed by atoms with Crippen molar-refractivity contribution in [2.75, 3.05) is 0 Å². The number of carbonyl (C=O) groups is 1. The van der Waals surface area contributed by atoms with E-state index in [0.717, 1.165) is 11.1 Å². The highest BCUT2D eigenvalue weighted by Crippen LogP contribution is 2.13. The molecule has 0 saturated heterocycles. The van der Waals surface area contributed by atoms with E-state index in [1.807, 2.05) is 24.3 Å². The number of nitrogens with zero attached hydrogens (tertiary/aromatic N) is 1. The van der Waals surface area contributed by atoms with E-state index in [1.165, 1.54) is 12.4 Å². The summed E-state index contributed by atoms with van der Waals surface area (Å²) in [5.41, 5.74) is 7.67. The first kappa shape index (κ1) is 14.4. The van der Waals surface area contributed by atoms with Crippen LogP contribution in [0.5, 0.6) is 0 Å². The molecule has 3 N–H and O–H groups in total. The molecule has 0 saturated carbocycles. The van der Waals surface area contributed by atoms with Crippen molar-refractivity contribution in [1.82, 2.24) is 10.3 Å². The Labute approximate surface area is 127 Å².